The van der Waals surface area contributed by atoms with Crippen molar-refractivity contribution in [1.29, 1.82) is 0 Å². The van der Waals surface area contributed by atoms with E-state index in [0.29, 0.717) is 12.8 Å². The van der Waals surface area contributed by atoms with Crippen LogP contribution in [0.15, 0.2) is 53.6 Å². The van der Waals surface area contributed by atoms with Gasteiger partial charge in [0.05, 0.1) is 39.3 Å². The second-order valence-corrected chi connectivity index (χ2v) is 11.7. The molecular formula is C24H22Cl2FN3O4S. The van der Waals surface area contributed by atoms with Gasteiger partial charge >= 0.3 is 5.97 Å². The van der Waals surface area contributed by atoms with Crippen LogP contribution in [-0.4, -0.2) is 48.7 Å². The van der Waals surface area contributed by atoms with E-state index >= 15 is 0 Å². The average Bonchev–Trinajstić information content (AvgIpc) is 3.25. The number of hydrogen-bond donors (Lipinski definition) is 0. The van der Waals surface area contributed by atoms with E-state index < -0.39 is 21.4 Å². The van der Waals surface area contributed by atoms with Crippen LogP contribution in [-0.2, 0) is 32.4 Å². The van der Waals surface area contributed by atoms with Crippen molar-refractivity contribution in [3.63, 3.8) is 0 Å². The summed E-state index contributed by atoms with van der Waals surface area (Å²) in [4.78, 5) is 13.2. The Bertz CT molecular complexity index is 1410. The zero-order valence-corrected chi connectivity index (χ0v) is 21.1. The van der Waals surface area contributed by atoms with Gasteiger partial charge < -0.3 is 4.74 Å². The molecule has 0 radical (unpaired) electrons. The van der Waals surface area contributed by atoms with Crippen LogP contribution in [0.3, 0.4) is 0 Å². The maximum absolute atomic E-state index is 13.5. The number of rotatable bonds is 4. The Morgan fingerprint density at radius 3 is 2.60 bits per heavy atom. The van der Waals surface area contributed by atoms with Gasteiger partial charge in [-0.15, -0.1) is 0 Å². The first-order chi connectivity index (χ1) is 16.7. The number of nitrogens with zero attached hydrogens (tertiary/aromatic N) is 3. The van der Waals surface area contributed by atoms with Crippen molar-refractivity contribution in [3.05, 3.63) is 75.8 Å². The molecule has 7 nitrogen and oxygen atoms in total. The first-order valence-electron chi connectivity index (χ1n) is 11.0. The summed E-state index contributed by atoms with van der Waals surface area (Å²) in [6.07, 6.45) is 2.95. The zero-order chi connectivity index (χ0) is 25.0. The molecule has 1 aromatic heterocycles. The van der Waals surface area contributed by atoms with E-state index in [1.807, 2.05) is 0 Å². The van der Waals surface area contributed by atoms with Crippen molar-refractivity contribution < 1.29 is 22.3 Å². The molecule has 1 aliphatic heterocycles. The maximum Gasteiger partial charge on any atom is 0.313 e. The molecule has 0 N–H and O–H groups in total. The lowest BCUT2D eigenvalue weighted by Crippen LogP contribution is -2.58. The summed E-state index contributed by atoms with van der Waals surface area (Å²) in [6.45, 7) is 0.222. The Morgan fingerprint density at radius 2 is 1.91 bits per heavy atom. The summed E-state index contributed by atoms with van der Waals surface area (Å²) in [5.41, 5.74) is 1.43. The van der Waals surface area contributed by atoms with Crippen LogP contribution >= 0.6 is 23.2 Å². The Hall–Kier alpha value is -2.46. The molecule has 35 heavy (non-hydrogen) atoms. The molecular weight excluding hydrogens is 516 g/mol. The van der Waals surface area contributed by atoms with Crippen LogP contribution in [0.1, 0.15) is 17.7 Å². The third kappa shape index (κ3) is 4.04. The predicted molar refractivity (Wildman–Crippen MR) is 129 cm³/mol. The number of sulfonamides is 1. The molecule has 3 aromatic rings. The van der Waals surface area contributed by atoms with Crippen LogP contribution in [0, 0.1) is 17.2 Å². The van der Waals surface area contributed by atoms with Crippen molar-refractivity contribution >= 4 is 39.2 Å². The molecule has 1 aliphatic carbocycles. The topological polar surface area (TPSA) is 81.5 Å². The molecule has 1 saturated heterocycles. The molecule has 0 unspecified atom stereocenters. The Labute approximate surface area is 212 Å². The lowest BCUT2D eigenvalue weighted by molar-refractivity contribution is -0.160. The first kappa shape index (κ1) is 24.2. The van der Waals surface area contributed by atoms with Gasteiger partial charge in [0.25, 0.3) is 0 Å². The number of benzene rings is 2. The average molecular weight is 538 g/mol. The van der Waals surface area contributed by atoms with E-state index in [1.165, 1.54) is 41.7 Å². The molecule has 2 atom stereocenters. The number of carbonyl (C=O) groups is 1. The largest absolute Gasteiger partial charge is 0.469 e. The molecule has 2 heterocycles. The normalized spacial score (nSPS) is 22.3. The van der Waals surface area contributed by atoms with E-state index in [-0.39, 0.29) is 46.2 Å². The standard InChI is InChI=1S/C24H22Cl2FN3O4S/c1-34-23(31)24-12-15-13-28-30(18-4-2-17(27)3-5-18)22(15)10-16(24)8-9-29(14-24)35(32,33)19-6-7-20(25)21(26)11-19/h2-7,11,13,16H,8-10,12,14H2,1H3/t16-,24-/m0/s1. The van der Waals surface area contributed by atoms with E-state index in [4.69, 9.17) is 27.9 Å². The fourth-order valence-electron chi connectivity index (χ4n) is 5.25. The van der Waals surface area contributed by atoms with Crippen LogP contribution in [0.4, 0.5) is 4.39 Å². The number of aromatic nitrogens is 2. The highest BCUT2D eigenvalue weighted by atomic mass is 35.5. The van der Waals surface area contributed by atoms with E-state index in [9.17, 15) is 17.6 Å². The highest BCUT2D eigenvalue weighted by Gasteiger charge is 2.55. The van der Waals surface area contributed by atoms with E-state index in [0.717, 1.165) is 16.9 Å². The minimum absolute atomic E-state index is 0.0194. The van der Waals surface area contributed by atoms with Gasteiger partial charge in [-0.3, -0.25) is 4.79 Å². The SMILES string of the molecule is COC(=O)[C@]12Cc3cnn(-c4ccc(F)cc4)c3C[C@@H]1CCN(S(=O)(=O)c1ccc(Cl)c(Cl)c1)C2. The van der Waals surface area contributed by atoms with E-state index in [2.05, 4.69) is 5.10 Å². The summed E-state index contributed by atoms with van der Waals surface area (Å²) in [7, 11) is -2.61. The number of halogens is 3. The molecule has 5 rings (SSSR count). The molecule has 2 aliphatic rings. The number of methoxy groups -OCH3 is 1. The maximum atomic E-state index is 13.5. The van der Waals surface area contributed by atoms with Crippen molar-refractivity contribution in [2.24, 2.45) is 11.3 Å². The second-order valence-electron chi connectivity index (χ2n) is 8.93. The van der Waals surface area contributed by atoms with Crippen molar-refractivity contribution in [2.45, 2.75) is 24.2 Å². The number of esters is 1. The van der Waals surface area contributed by atoms with Gasteiger partial charge in [0.1, 0.15) is 5.82 Å². The Morgan fingerprint density at radius 1 is 1.17 bits per heavy atom. The third-order valence-electron chi connectivity index (χ3n) is 7.06. The number of fused-ring (bicyclic) bond motifs is 2. The van der Waals surface area contributed by atoms with Crippen molar-refractivity contribution in [2.75, 3.05) is 20.2 Å². The zero-order valence-electron chi connectivity index (χ0n) is 18.7. The highest BCUT2D eigenvalue weighted by molar-refractivity contribution is 7.89. The van der Waals surface area contributed by atoms with Gasteiger partial charge in [0.15, 0.2) is 0 Å². The van der Waals surface area contributed by atoms with Crippen molar-refractivity contribution in [1.82, 2.24) is 14.1 Å². The minimum atomic E-state index is -3.92. The van der Waals surface area contributed by atoms with Crippen LogP contribution in [0.5, 0.6) is 0 Å². The van der Waals surface area contributed by atoms with Crippen molar-refractivity contribution in [3.8, 4) is 5.69 Å². The number of piperidine rings is 1. The number of ether oxygens (including phenoxy) is 1. The molecule has 184 valence electrons. The summed E-state index contributed by atoms with van der Waals surface area (Å²) in [5.74, 6) is -0.939. The lowest BCUT2D eigenvalue weighted by Gasteiger charge is -2.48. The fourth-order valence-corrected chi connectivity index (χ4v) is 7.16. The molecule has 11 heteroatoms. The third-order valence-corrected chi connectivity index (χ3v) is 9.64. The summed E-state index contributed by atoms with van der Waals surface area (Å²) >= 11 is 12.0. The van der Waals surface area contributed by atoms with Gasteiger partial charge in [0, 0.05) is 18.8 Å². The molecule has 0 spiro atoms. The molecule has 0 saturated carbocycles. The summed E-state index contributed by atoms with van der Waals surface area (Å²) in [5, 5.41) is 4.89. The van der Waals surface area contributed by atoms with Gasteiger partial charge in [0.2, 0.25) is 10.0 Å². The smallest absolute Gasteiger partial charge is 0.313 e. The van der Waals surface area contributed by atoms with Gasteiger partial charge in [-0.1, -0.05) is 23.2 Å². The predicted octanol–water partition coefficient (Wildman–Crippen LogP) is 4.29. The second kappa shape index (κ2) is 8.89. The van der Waals surface area contributed by atoms with Gasteiger partial charge in [-0.05, 0) is 73.2 Å². The number of carbonyl (C=O) groups excluding carboxylic acids is 1. The summed E-state index contributed by atoms with van der Waals surface area (Å²) < 4.78 is 48.6. The van der Waals surface area contributed by atoms with E-state index in [1.54, 1.807) is 23.0 Å². The fraction of sp³-hybridized carbons (Fsp3) is 0.333. The molecule has 2 aromatic carbocycles. The van der Waals surface area contributed by atoms with Gasteiger partial charge in [-0.25, -0.2) is 17.5 Å². The lowest BCUT2D eigenvalue weighted by atomic mass is 9.63. The molecule has 0 bridgehead atoms. The highest BCUT2D eigenvalue weighted by Crippen LogP contribution is 2.47. The molecule has 0 amide bonds. The summed E-state index contributed by atoms with van der Waals surface area (Å²) in [6, 6.07) is 10.2. The Kier molecular flexibility index (Phi) is 6.15. The minimum Gasteiger partial charge on any atom is -0.469 e. The monoisotopic (exact) mass is 537 g/mol. The first-order valence-corrected chi connectivity index (χ1v) is 13.2. The van der Waals surface area contributed by atoms with Crippen LogP contribution < -0.4 is 0 Å². The molecule has 1 fully saturated rings. The number of hydrogen-bond acceptors (Lipinski definition) is 5. The Balaban J connectivity index is 1.51. The quantitative estimate of drug-likeness (QED) is 0.463. The van der Waals surface area contributed by atoms with Crippen LogP contribution in [0.2, 0.25) is 10.0 Å². The van der Waals surface area contributed by atoms with Gasteiger partial charge in [-0.2, -0.15) is 9.40 Å². The van der Waals surface area contributed by atoms with Crippen LogP contribution in [0.25, 0.3) is 5.69 Å².